The predicted molar refractivity (Wildman–Crippen MR) is 171 cm³/mol. The Hall–Kier alpha value is -5.75. The zero-order valence-electron chi connectivity index (χ0n) is 25.0. The second-order valence-electron chi connectivity index (χ2n) is 10.1. The van der Waals surface area contributed by atoms with Crippen molar-refractivity contribution in [2.24, 2.45) is 4.99 Å². The van der Waals surface area contributed by atoms with Crippen LogP contribution < -0.4 is 24.4 Å². The number of carbonyl (C=O) groups excluding carboxylic acids is 1. The molecule has 0 N–H and O–H groups in total. The summed E-state index contributed by atoms with van der Waals surface area (Å²) in [5.74, 6) is 1.07. The van der Waals surface area contributed by atoms with Crippen LogP contribution in [0.25, 0.3) is 23.1 Å². The van der Waals surface area contributed by atoms with Gasteiger partial charge in [0.25, 0.3) is 11.2 Å². The Kier molecular flexibility index (Phi) is 8.36. The van der Waals surface area contributed by atoms with Gasteiger partial charge in [-0.2, -0.15) is 0 Å². The van der Waals surface area contributed by atoms with Gasteiger partial charge in [0.05, 0.1) is 47.6 Å². The highest BCUT2D eigenvalue weighted by Crippen LogP contribution is 2.38. The number of non-ortho nitro benzene ring substituents is 1. The largest absolute Gasteiger partial charge is 0.493 e. The number of carbonyl (C=O) groups is 1. The fourth-order valence-corrected chi connectivity index (χ4v) is 6.25. The SMILES string of the molecule is CCOC(=O)C1=C(c2ccccc2)N=c2s/c(=C\c3ccc(-c4cccc([N+](=O)[O-])c4)o3)c(=O)n2[C@H]1c1ccc(OC)c(OC)c1. The third-order valence-corrected chi connectivity index (χ3v) is 8.32. The molecule has 0 bridgehead atoms. The number of benzene rings is 3. The number of esters is 1. The van der Waals surface area contributed by atoms with Crippen LogP contribution in [0, 0.1) is 10.1 Å². The van der Waals surface area contributed by atoms with Crippen LogP contribution in [0.3, 0.4) is 0 Å². The zero-order valence-corrected chi connectivity index (χ0v) is 25.8. The lowest BCUT2D eigenvalue weighted by Gasteiger charge is -2.26. The van der Waals surface area contributed by atoms with Crippen molar-refractivity contribution in [1.29, 1.82) is 0 Å². The first-order chi connectivity index (χ1) is 22.3. The average molecular weight is 638 g/mol. The van der Waals surface area contributed by atoms with Crippen molar-refractivity contribution < 1.29 is 28.3 Å². The summed E-state index contributed by atoms with van der Waals surface area (Å²) in [4.78, 5) is 43.9. The van der Waals surface area contributed by atoms with E-state index in [2.05, 4.69) is 0 Å². The maximum Gasteiger partial charge on any atom is 0.338 e. The molecule has 0 aliphatic carbocycles. The lowest BCUT2D eigenvalue weighted by Crippen LogP contribution is -2.40. The summed E-state index contributed by atoms with van der Waals surface area (Å²) in [7, 11) is 3.03. The number of nitro groups is 1. The molecule has 1 aliphatic heterocycles. The quantitative estimate of drug-likeness (QED) is 0.123. The van der Waals surface area contributed by atoms with E-state index in [0.29, 0.717) is 54.7 Å². The summed E-state index contributed by atoms with van der Waals surface area (Å²) in [6.45, 7) is 1.84. The normalized spacial score (nSPS) is 14.4. The molecule has 232 valence electrons. The number of rotatable bonds is 9. The molecular weight excluding hydrogens is 610 g/mol. The molecule has 5 aromatic rings. The minimum Gasteiger partial charge on any atom is -0.493 e. The number of thiazole rings is 1. The maximum atomic E-state index is 14.2. The van der Waals surface area contributed by atoms with E-state index in [1.165, 1.54) is 30.9 Å². The van der Waals surface area contributed by atoms with Gasteiger partial charge in [-0.05, 0) is 36.8 Å². The molecule has 0 amide bonds. The standard InChI is InChI=1S/C34H27N3O8S/c1-4-44-33(39)29-30(20-9-6-5-7-10-20)35-34-36(31(29)22-13-15-26(42-2)27(18-22)43-3)32(38)28(46-34)19-24-14-16-25(45-24)21-11-8-12-23(17-21)37(40)41/h5-19,31H,4H2,1-3H3/b28-19-/t31-/m0/s1. The van der Waals surface area contributed by atoms with E-state index in [1.54, 1.807) is 55.5 Å². The third kappa shape index (κ3) is 5.61. The van der Waals surface area contributed by atoms with Crippen LogP contribution in [0.2, 0.25) is 0 Å². The van der Waals surface area contributed by atoms with Gasteiger partial charge in [-0.15, -0.1) is 0 Å². The fourth-order valence-electron chi connectivity index (χ4n) is 5.27. The lowest BCUT2D eigenvalue weighted by atomic mass is 9.93. The van der Waals surface area contributed by atoms with Crippen LogP contribution in [-0.4, -0.2) is 36.3 Å². The Labute approximate surface area is 266 Å². The number of furan rings is 1. The number of hydrogen-bond donors (Lipinski definition) is 0. The molecule has 3 aromatic carbocycles. The van der Waals surface area contributed by atoms with E-state index in [9.17, 15) is 19.7 Å². The zero-order chi connectivity index (χ0) is 32.4. The van der Waals surface area contributed by atoms with E-state index in [1.807, 2.05) is 30.3 Å². The van der Waals surface area contributed by atoms with Gasteiger partial charge in [0.15, 0.2) is 16.3 Å². The molecular formula is C34H27N3O8S. The second-order valence-corrected chi connectivity index (χ2v) is 11.1. The molecule has 0 radical (unpaired) electrons. The Bertz CT molecular complexity index is 2180. The number of fused-ring (bicyclic) bond motifs is 1. The van der Waals surface area contributed by atoms with Crippen LogP contribution in [0.5, 0.6) is 11.5 Å². The Balaban J connectivity index is 1.56. The first-order valence-electron chi connectivity index (χ1n) is 14.2. The van der Waals surface area contributed by atoms with Gasteiger partial charge in [0.1, 0.15) is 11.5 Å². The van der Waals surface area contributed by atoms with Crippen molar-refractivity contribution in [2.75, 3.05) is 20.8 Å². The number of nitrogens with zero attached hydrogens (tertiary/aromatic N) is 3. The van der Waals surface area contributed by atoms with Gasteiger partial charge >= 0.3 is 5.97 Å². The van der Waals surface area contributed by atoms with Crippen LogP contribution in [0.1, 0.15) is 29.9 Å². The number of hydrogen-bond acceptors (Lipinski definition) is 10. The molecule has 6 rings (SSSR count). The van der Waals surface area contributed by atoms with Crippen molar-refractivity contribution in [3.8, 4) is 22.8 Å². The van der Waals surface area contributed by atoms with Crippen molar-refractivity contribution in [1.82, 2.24) is 4.57 Å². The molecule has 12 heteroatoms. The van der Waals surface area contributed by atoms with Gasteiger partial charge in [-0.3, -0.25) is 19.5 Å². The number of ether oxygens (including phenoxy) is 3. The van der Waals surface area contributed by atoms with E-state index in [-0.39, 0.29) is 17.9 Å². The molecule has 11 nitrogen and oxygen atoms in total. The van der Waals surface area contributed by atoms with Crippen molar-refractivity contribution in [2.45, 2.75) is 13.0 Å². The molecule has 0 saturated carbocycles. The summed E-state index contributed by atoms with van der Waals surface area (Å²) in [5.41, 5.74) is 1.92. The predicted octanol–water partition coefficient (Wildman–Crippen LogP) is 5.12. The van der Waals surface area contributed by atoms with Crippen molar-refractivity contribution in [3.63, 3.8) is 0 Å². The first-order valence-corrected chi connectivity index (χ1v) is 15.0. The Morgan fingerprint density at radius 2 is 1.76 bits per heavy atom. The summed E-state index contributed by atoms with van der Waals surface area (Å²) in [6.07, 6.45) is 1.59. The van der Waals surface area contributed by atoms with E-state index in [4.69, 9.17) is 23.6 Å². The smallest absolute Gasteiger partial charge is 0.338 e. The van der Waals surface area contributed by atoms with Gasteiger partial charge in [0, 0.05) is 29.3 Å². The van der Waals surface area contributed by atoms with E-state index in [0.717, 1.165) is 11.3 Å². The second kappa shape index (κ2) is 12.7. The van der Waals surface area contributed by atoms with Crippen molar-refractivity contribution in [3.05, 3.63) is 137 Å². The summed E-state index contributed by atoms with van der Waals surface area (Å²) in [5, 5.41) is 11.3. The molecule has 1 aliphatic rings. The van der Waals surface area contributed by atoms with Gasteiger partial charge in [0.2, 0.25) is 0 Å². The minimum atomic E-state index is -0.913. The Morgan fingerprint density at radius 1 is 1.00 bits per heavy atom. The number of methoxy groups -OCH3 is 2. The number of aromatic nitrogens is 1. The first kappa shape index (κ1) is 30.3. The highest BCUT2D eigenvalue weighted by Gasteiger charge is 2.35. The van der Waals surface area contributed by atoms with E-state index >= 15 is 0 Å². The summed E-state index contributed by atoms with van der Waals surface area (Å²) >= 11 is 1.15. The fraction of sp³-hybridized carbons (Fsp3) is 0.147. The highest BCUT2D eigenvalue weighted by molar-refractivity contribution is 7.07. The lowest BCUT2D eigenvalue weighted by molar-refractivity contribution is -0.384. The summed E-state index contributed by atoms with van der Waals surface area (Å²) < 4.78 is 24.3. The van der Waals surface area contributed by atoms with Crippen molar-refractivity contribution >= 4 is 34.8 Å². The molecule has 0 saturated heterocycles. The molecule has 46 heavy (non-hydrogen) atoms. The van der Waals surface area contributed by atoms with Crippen LogP contribution >= 0.6 is 11.3 Å². The highest BCUT2D eigenvalue weighted by atomic mass is 32.1. The van der Waals surface area contributed by atoms with Gasteiger partial charge in [-0.1, -0.05) is 59.9 Å². The van der Waals surface area contributed by atoms with Gasteiger partial charge in [-0.25, -0.2) is 9.79 Å². The average Bonchev–Trinajstić information content (AvgIpc) is 3.68. The van der Waals surface area contributed by atoms with E-state index < -0.39 is 22.5 Å². The Morgan fingerprint density at radius 3 is 2.48 bits per heavy atom. The van der Waals surface area contributed by atoms with Crippen LogP contribution in [0.4, 0.5) is 5.69 Å². The van der Waals surface area contributed by atoms with Crippen LogP contribution in [0.15, 0.2) is 105 Å². The third-order valence-electron chi connectivity index (χ3n) is 7.34. The topological polar surface area (TPSA) is 135 Å². The molecule has 0 fully saturated rings. The summed E-state index contributed by atoms with van der Waals surface area (Å²) in [6, 6.07) is 23.0. The molecule has 2 aromatic heterocycles. The monoisotopic (exact) mass is 637 g/mol. The van der Waals surface area contributed by atoms with Crippen LogP contribution in [-0.2, 0) is 9.53 Å². The molecule has 3 heterocycles. The minimum absolute atomic E-state index is 0.0643. The molecule has 0 unspecified atom stereocenters. The number of nitro benzene ring substituents is 1. The molecule has 0 spiro atoms. The maximum absolute atomic E-state index is 14.2. The van der Waals surface area contributed by atoms with Gasteiger partial charge < -0.3 is 18.6 Å². The molecule has 1 atom stereocenters.